The minimum atomic E-state index is -0.632. The van der Waals surface area contributed by atoms with Crippen LogP contribution in [-0.2, 0) is 6.42 Å². The van der Waals surface area contributed by atoms with E-state index in [0.717, 1.165) is 18.1 Å². The number of carbonyl (C=O) groups is 2. The van der Waals surface area contributed by atoms with E-state index in [2.05, 4.69) is 10.9 Å². The highest BCUT2D eigenvalue weighted by atomic mass is 16.6. The van der Waals surface area contributed by atoms with Gasteiger partial charge in [0.05, 0.1) is 4.92 Å². The second-order valence-electron chi connectivity index (χ2n) is 4.77. The van der Waals surface area contributed by atoms with Crippen LogP contribution >= 0.6 is 0 Å². The monoisotopic (exact) mass is 313 g/mol. The highest BCUT2D eigenvalue weighted by molar-refractivity contribution is 5.99. The minimum absolute atomic E-state index is 0.0841. The number of nitrogens with zero attached hydrogens (tertiary/aromatic N) is 1. The number of nitro benzene ring substituents is 1. The topological polar surface area (TPSA) is 101 Å². The Balaban J connectivity index is 1.99. The molecule has 23 heavy (non-hydrogen) atoms. The van der Waals surface area contributed by atoms with Gasteiger partial charge in [-0.2, -0.15) is 0 Å². The Morgan fingerprint density at radius 1 is 1.00 bits per heavy atom. The largest absolute Gasteiger partial charge is 0.270 e. The maximum Gasteiger partial charge on any atom is 0.270 e. The summed E-state index contributed by atoms with van der Waals surface area (Å²) in [5.41, 5.74) is 5.90. The van der Waals surface area contributed by atoms with Crippen LogP contribution in [0.1, 0.15) is 33.2 Å². The molecule has 0 saturated heterocycles. The molecule has 0 bridgehead atoms. The van der Waals surface area contributed by atoms with E-state index >= 15 is 0 Å². The van der Waals surface area contributed by atoms with Crippen LogP contribution < -0.4 is 10.9 Å². The van der Waals surface area contributed by atoms with Crippen LogP contribution in [0.4, 0.5) is 5.69 Å². The summed E-state index contributed by atoms with van der Waals surface area (Å²) in [6.45, 7) is 2.01. The zero-order valence-electron chi connectivity index (χ0n) is 12.4. The third kappa shape index (κ3) is 4.13. The summed E-state index contributed by atoms with van der Waals surface area (Å²) in [5, 5.41) is 10.7. The molecule has 0 unspecified atom stereocenters. The lowest BCUT2D eigenvalue weighted by molar-refractivity contribution is -0.384. The Bertz CT molecular complexity index is 741. The van der Waals surface area contributed by atoms with Crippen molar-refractivity contribution in [1.82, 2.24) is 10.9 Å². The summed E-state index contributed by atoms with van der Waals surface area (Å²) in [4.78, 5) is 33.9. The van der Waals surface area contributed by atoms with E-state index in [0.29, 0.717) is 5.56 Å². The highest BCUT2D eigenvalue weighted by Gasteiger charge is 2.12. The van der Waals surface area contributed by atoms with E-state index in [1.807, 2.05) is 19.1 Å². The van der Waals surface area contributed by atoms with Crippen molar-refractivity contribution in [2.75, 3.05) is 0 Å². The summed E-state index contributed by atoms with van der Waals surface area (Å²) in [7, 11) is 0. The lowest BCUT2D eigenvalue weighted by Crippen LogP contribution is -2.41. The molecule has 0 spiro atoms. The third-order valence-corrected chi connectivity index (χ3v) is 3.23. The van der Waals surface area contributed by atoms with Gasteiger partial charge in [-0.3, -0.25) is 30.6 Å². The smallest absolute Gasteiger partial charge is 0.267 e. The van der Waals surface area contributed by atoms with Crippen LogP contribution in [0.3, 0.4) is 0 Å². The van der Waals surface area contributed by atoms with Crippen LogP contribution in [0.2, 0.25) is 0 Å². The van der Waals surface area contributed by atoms with Crippen molar-refractivity contribution in [3.63, 3.8) is 0 Å². The van der Waals surface area contributed by atoms with Gasteiger partial charge in [0, 0.05) is 23.3 Å². The standard InChI is InChI=1S/C16H15N3O4/c1-2-11-6-8-12(9-7-11)15(20)17-18-16(21)13-4-3-5-14(10-13)19(22)23/h3-10H,2H2,1H3,(H,17,20)(H,18,21). The van der Waals surface area contributed by atoms with E-state index < -0.39 is 16.7 Å². The zero-order chi connectivity index (χ0) is 16.8. The summed E-state index contributed by atoms with van der Waals surface area (Å²) in [6.07, 6.45) is 0.866. The number of benzene rings is 2. The summed E-state index contributed by atoms with van der Waals surface area (Å²) in [6, 6.07) is 12.2. The van der Waals surface area contributed by atoms with E-state index in [1.54, 1.807) is 12.1 Å². The third-order valence-electron chi connectivity index (χ3n) is 3.23. The molecule has 0 aliphatic heterocycles. The normalized spacial score (nSPS) is 9.96. The lowest BCUT2D eigenvalue weighted by atomic mass is 10.1. The van der Waals surface area contributed by atoms with Crippen LogP contribution in [0.15, 0.2) is 48.5 Å². The maximum absolute atomic E-state index is 11.9. The van der Waals surface area contributed by atoms with Crippen molar-refractivity contribution in [3.8, 4) is 0 Å². The Morgan fingerprint density at radius 3 is 2.17 bits per heavy atom. The molecule has 2 N–H and O–H groups in total. The van der Waals surface area contributed by atoms with Gasteiger partial charge in [-0.05, 0) is 30.2 Å². The van der Waals surface area contributed by atoms with Gasteiger partial charge in [-0.1, -0.05) is 25.1 Å². The first kappa shape index (κ1) is 16.2. The lowest BCUT2D eigenvalue weighted by Gasteiger charge is -2.08. The average molecular weight is 313 g/mol. The minimum Gasteiger partial charge on any atom is -0.267 e. The van der Waals surface area contributed by atoms with E-state index in [1.165, 1.54) is 18.2 Å². The van der Waals surface area contributed by atoms with Crippen LogP contribution in [0.5, 0.6) is 0 Å². The summed E-state index contributed by atoms with van der Waals surface area (Å²) >= 11 is 0. The van der Waals surface area contributed by atoms with Crippen molar-refractivity contribution in [2.24, 2.45) is 0 Å². The summed E-state index contributed by atoms with van der Waals surface area (Å²) < 4.78 is 0. The van der Waals surface area contributed by atoms with Crippen LogP contribution in [-0.4, -0.2) is 16.7 Å². The van der Waals surface area contributed by atoms with Gasteiger partial charge in [0.2, 0.25) is 0 Å². The predicted octanol–water partition coefficient (Wildman–Crippen LogP) is 2.23. The molecule has 0 heterocycles. The Kier molecular flexibility index (Phi) is 5.03. The van der Waals surface area contributed by atoms with Gasteiger partial charge in [0.1, 0.15) is 0 Å². The molecule has 7 heteroatoms. The number of aryl methyl sites for hydroxylation is 1. The Labute approximate surface area is 132 Å². The molecule has 0 fully saturated rings. The average Bonchev–Trinajstić information content (AvgIpc) is 2.59. The molecular formula is C16H15N3O4. The fourth-order valence-electron chi connectivity index (χ4n) is 1.91. The van der Waals surface area contributed by atoms with Gasteiger partial charge in [-0.25, -0.2) is 0 Å². The van der Waals surface area contributed by atoms with Crippen molar-refractivity contribution < 1.29 is 14.5 Å². The Hall–Kier alpha value is -3.22. The molecule has 0 aromatic heterocycles. The highest BCUT2D eigenvalue weighted by Crippen LogP contribution is 2.12. The molecule has 0 atom stereocenters. The molecule has 7 nitrogen and oxygen atoms in total. The van der Waals surface area contributed by atoms with Crippen LogP contribution in [0, 0.1) is 10.1 Å². The fourth-order valence-corrected chi connectivity index (χ4v) is 1.91. The van der Waals surface area contributed by atoms with Gasteiger partial charge >= 0.3 is 0 Å². The molecule has 0 aliphatic rings. The van der Waals surface area contributed by atoms with Gasteiger partial charge in [0.15, 0.2) is 0 Å². The van der Waals surface area contributed by atoms with Gasteiger partial charge in [0.25, 0.3) is 17.5 Å². The molecule has 2 amide bonds. The SMILES string of the molecule is CCc1ccc(C(=O)NNC(=O)c2cccc([N+](=O)[O-])c2)cc1. The van der Waals surface area contributed by atoms with Crippen molar-refractivity contribution in [3.05, 3.63) is 75.3 Å². The molecule has 118 valence electrons. The van der Waals surface area contributed by atoms with Gasteiger partial charge < -0.3 is 0 Å². The summed E-state index contributed by atoms with van der Waals surface area (Å²) in [5.74, 6) is -1.10. The number of hydrogen-bond acceptors (Lipinski definition) is 4. The van der Waals surface area contributed by atoms with Gasteiger partial charge in [-0.15, -0.1) is 0 Å². The first-order valence-corrected chi connectivity index (χ1v) is 6.95. The van der Waals surface area contributed by atoms with Crippen molar-refractivity contribution >= 4 is 17.5 Å². The van der Waals surface area contributed by atoms with E-state index in [4.69, 9.17) is 0 Å². The molecule has 2 rings (SSSR count). The quantitative estimate of drug-likeness (QED) is 0.667. The molecule has 2 aromatic rings. The second kappa shape index (κ2) is 7.17. The number of nitrogens with one attached hydrogen (secondary N) is 2. The van der Waals surface area contributed by atoms with E-state index in [9.17, 15) is 19.7 Å². The molecule has 0 aliphatic carbocycles. The number of non-ortho nitro benzene ring substituents is 1. The van der Waals surface area contributed by atoms with Crippen molar-refractivity contribution in [1.29, 1.82) is 0 Å². The predicted molar refractivity (Wildman–Crippen MR) is 83.8 cm³/mol. The number of rotatable bonds is 4. The number of nitro groups is 1. The second-order valence-corrected chi connectivity index (χ2v) is 4.77. The van der Waals surface area contributed by atoms with Crippen LogP contribution in [0.25, 0.3) is 0 Å². The first-order chi connectivity index (χ1) is 11.0. The maximum atomic E-state index is 11.9. The molecule has 2 aromatic carbocycles. The van der Waals surface area contributed by atoms with Crippen molar-refractivity contribution in [2.45, 2.75) is 13.3 Å². The zero-order valence-corrected chi connectivity index (χ0v) is 12.4. The fraction of sp³-hybridized carbons (Fsp3) is 0.125. The number of amides is 2. The number of hydrogen-bond donors (Lipinski definition) is 2. The van der Waals surface area contributed by atoms with E-state index in [-0.39, 0.29) is 11.3 Å². The first-order valence-electron chi connectivity index (χ1n) is 6.95. The molecule has 0 saturated carbocycles. The molecular weight excluding hydrogens is 298 g/mol. The Morgan fingerprint density at radius 2 is 1.61 bits per heavy atom. The number of hydrazine groups is 1. The molecule has 0 radical (unpaired) electrons. The number of carbonyl (C=O) groups excluding carboxylic acids is 2.